The number of benzene rings is 1. The minimum absolute atomic E-state index is 0.0251. The topological polar surface area (TPSA) is 116 Å². The number of aliphatic carboxylic acids is 1. The third-order valence-electron chi connectivity index (χ3n) is 4.71. The van der Waals surface area contributed by atoms with Gasteiger partial charge in [-0.3, -0.25) is 14.4 Å². The van der Waals surface area contributed by atoms with Crippen molar-refractivity contribution in [3.63, 3.8) is 0 Å². The van der Waals surface area contributed by atoms with Gasteiger partial charge in [0.25, 0.3) is 0 Å². The van der Waals surface area contributed by atoms with Gasteiger partial charge in [0.15, 0.2) is 0 Å². The fraction of sp³-hybridized carbons (Fsp3) is 0.500. The molecule has 0 bridgehead atoms. The molecule has 1 aromatic rings. The lowest BCUT2D eigenvalue weighted by Gasteiger charge is -2.21. The van der Waals surface area contributed by atoms with Crippen LogP contribution in [0, 0.1) is 17.7 Å². The number of amides is 3. The number of anilines is 1. The number of hydrogen-bond acceptors (Lipinski definition) is 4. The second-order valence-corrected chi connectivity index (χ2v) is 7.64. The first-order chi connectivity index (χ1) is 13.6. The van der Waals surface area contributed by atoms with Crippen molar-refractivity contribution in [3.05, 3.63) is 30.1 Å². The molecule has 0 saturated carbocycles. The molecule has 1 fully saturated rings. The second kappa shape index (κ2) is 9.49. The number of halogens is 1. The van der Waals surface area contributed by atoms with Crippen LogP contribution in [0.1, 0.15) is 33.6 Å². The first-order valence-corrected chi connectivity index (χ1v) is 9.48. The molecule has 2 rings (SSSR count). The van der Waals surface area contributed by atoms with Crippen molar-refractivity contribution in [1.82, 2.24) is 10.6 Å². The van der Waals surface area contributed by atoms with E-state index in [4.69, 9.17) is 0 Å². The van der Waals surface area contributed by atoms with E-state index >= 15 is 0 Å². The molecule has 1 aliphatic rings. The molecular weight excluding hydrogens is 381 g/mol. The zero-order valence-electron chi connectivity index (χ0n) is 16.6. The molecule has 3 atom stereocenters. The molecule has 0 radical (unpaired) electrons. The first-order valence-electron chi connectivity index (χ1n) is 9.48. The predicted molar refractivity (Wildman–Crippen MR) is 103 cm³/mol. The summed E-state index contributed by atoms with van der Waals surface area (Å²) >= 11 is 0. The maximum atomic E-state index is 13.1. The van der Waals surface area contributed by atoms with E-state index < -0.39 is 41.6 Å². The molecule has 1 saturated heterocycles. The predicted octanol–water partition coefficient (Wildman–Crippen LogP) is 1.30. The maximum Gasteiger partial charge on any atom is 0.326 e. The Bertz CT molecular complexity index is 781. The number of carboxylic acids is 1. The van der Waals surface area contributed by atoms with Crippen molar-refractivity contribution < 1.29 is 28.7 Å². The van der Waals surface area contributed by atoms with Gasteiger partial charge in [0.2, 0.25) is 17.7 Å². The fourth-order valence-corrected chi connectivity index (χ4v) is 3.14. The van der Waals surface area contributed by atoms with Crippen LogP contribution < -0.4 is 15.5 Å². The van der Waals surface area contributed by atoms with Crippen molar-refractivity contribution in [2.75, 3.05) is 11.4 Å². The van der Waals surface area contributed by atoms with Crippen LogP contribution in [0.2, 0.25) is 0 Å². The van der Waals surface area contributed by atoms with Gasteiger partial charge in [0.1, 0.15) is 17.9 Å². The minimum Gasteiger partial charge on any atom is -0.480 e. The standard InChI is InChI=1S/C20H26FN3O5/c1-11(2)8-16(20(28)29)23-18(26)12(3)22-19(27)13-9-17(25)24(10-13)15-6-4-14(21)5-7-15/h4-7,11-13,16H,8-10H2,1-3H3,(H,22,27)(H,23,26)(H,28,29)/t12-,13?,16-/m1/s1. The van der Waals surface area contributed by atoms with E-state index in [1.54, 1.807) is 0 Å². The Hall–Kier alpha value is -2.97. The van der Waals surface area contributed by atoms with Gasteiger partial charge < -0.3 is 20.6 Å². The lowest BCUT2D eigenvalue weighted by molar-refractivity contribution is -0.142. The zero-order chi connectivity index (χ0) is 21.7. The van der Waals surface area contributed by atoms with Crippen LogP contribution in [0.4, 0.5) is 10.1 Å². The third-order valence-corrected chi connectivity index (χ3v) is 4.71. The van der Waals surface area contributed by atoms with E-state index in [0.29, 0.717) is 5.69 Å². The van der Waals surface area contributed by atoms with Gasteiger partial charge in [0, 0.05) is 18.7 Å². The average molecular weight is 407 g/mol. The third kappa shape index (κ3) is 6.00. The van der Waals surface area contributed by atoms with Crippen LogP contribution in [0.15, 0.2) is 24.3 Å². The summed E-state index contributed by atoms with van der Waals surface area (Å²) in [5.41, 5.74) is 0.496. The molecular formula is C20H26FN3O5. The largest absolute Gasteiger partial charge is 0.480 e. The van der Waals surface area contributed by atoms with E-state index in [-0.39, 0.29) is 31.2 Å². The average Bonchev–Trinajstić information content (AvgIpc) is 3.03. The van der Waals surface area contributed by atoms with Crippen LogP contribution in [0.25, 0.3) is 0 Å². The van der Waals surface area contributed by atoms with Crippen molar-refractivity contribution in [1.29, 1.82) is 0 Å². The SMILES string of the molecule is CC(C)C[C@@H](NC(=O)[C@@H](C)NC(=O)C1CC(=O)N(c2ccc(F)cc2)C1)C(=O)O. The van der Waals surface area contributed by atoms with Crippen LogP contribution >= 0.6 is 0 Å². The van der Waals surface area contributed by atoms with Gasteiger partial charge in [0.05, 0.1) is 5.92 Å². The molecule has 1 unspecified atom stereocenters. The van der Waals surface area contributed by atoms with E-state index in [2.05, 4.69) is 10.6 Å². The lowest BCUT2D eigenvalue weighted by Crippen LogP contribution is -2.51. The highest BCUT2D eigenvalue weighted by Gasteiger charge is 2.36. The van der Waals surface area contributed by atoms with Gasteiger partial charge in [-0.05, 0) is 43.5 Å². The molecule has 1 aromatic carbocycles. The summed E-state index contributed by atoms with van der Waals surface area (Å²) in [6, 6.07) is 3.40. The Kier molecular flexibility index (Phi) is 7.30. The van der Waals surface area contributed by atoms with Crippen LogP contribution in [-0.2, 0) is 19.2 Å². The summed E-state index contributed by atoms with van der Waals surface area (Å²) in [6.07, 6.45) is 0.244. The zero-order valence-corrected chi connectivity index (χ0v) is 16.6. The Morgan fingerprint density at radius 2 is 1.79 bits per heavy atom. The van der Waals surface area contributed by atoms with Crippen LogP contribution in [-0.4, -0.2) is 47.4 Å². The lowest BCUT2D eigenvalue weighted by atomic mass is 10.0. The monoisotopic (exact) mass is 407 g/mol. The van der Waals surface area contributed by atoms with Crippen LogP contribution in [0.3, 0.4) is 0 Å². The molecule has 29 heavy (non-hydrogen) atoms. The van der Waals surface area contributed by atoms with E-state index in [0.717, 1.165) is 0 Å². The summed E-state index contributed by atoms with van der Waals surface area (Å²) in [5, 5.41) is 14.2. The molecule has 158 valence electrons. The maximum absolute atomic E-state index is 13.1. The molecule has 0 aromatic heterocycles. The molecule has 1 heterocycles. The first kappa shape index (κ1) is 22.3. The minimum atomic E-state index is -1.14. The highest BCUT2D eigenvalue weighted by atomic mass is 19.1. The van der Waals surface area contributed by atoms with Gasteiger partial charge in [-0.1, -0.05) is 13.8 Å². The molecule has 1 aliphatic heterocycles. The number of carbonyl (C=O) groups excluding carboxylic acids is 3. The molecule has 0 spiro atoms. The molecule has 3 N–H and O–H groups in total. The Morgan fingerprint density at radius 1 is 1.17 bits per heavy atom. The Morgan fingerprint density at radius 3 is 2.34 bits per heavy atom. The summed E-state index contributed by atoms with van der Waals surface area (Å²) in [7, 11) is 0. The number of carboxylic acid groups (broad SMARTS) is 1. The number of nitrogens with one attached hydrogen (secondary N) is 2. The molecule has 9 heteroatoms. The van der Waals surface area contributed by atoms with Gasteiger partial charge in [-0.2, -0.15) is 0 Å². The highest BCUT2D eigenvalue weighted by molar-refractivity contribution is 6.01. The van der Waals surface area contributed by atoms with Crippen molar-refractivity contribution in [2.45, 2.75) is 45.7 Å². The van der Waals surface area contributed by atoms with Crippen molar-refractivity contribution in [3.8, 4) is 0 Å². The quantitative estimate of drug-likeness (QED) is 0.601. The summed E-state index contributed by atoms with van der Waals surface area (Å²) < 4.78 is 13.1. The Labute approximate surface area is 168 Å². The fourth-order valence-electron chi connectivity index (χ4n) is 3.14. The highest BCUT2D eigenvalue weighted by Crippen LogP contribution is 2.25. The van der Waals surface area contributed by atoms with Gasteiger partial charge >= 0.3 is 5.97 Å². The van der Waals surface area contributed by atoms with E-state index in [1.165, 1.54) is 36.1 Å². The van der Waals surface area contributed by atoms with E-state index in [1.807, 2.05) is 13.8 Å². The smallest absolute Gasteiger partial charge is 0.326 e. The van der Waals surface area contributed by atoms with E-state index in [9.17, 15) is 28.7 Å². The Balaban J connectivity index is 1.93. The second-order valence-electron chi connectivity index (χ2n) is 7.64. The number of hydrogen-bond donors (Lipinski definition) is 3. The number of nitrogens with zero attached hydrogens (tertiary/aromatic N) is 1. The van der Waals surface area contributed by atoms with Gasteiger partial charge in [-0.15, -0.1) is 0 Å². The molecule has 8 nitrogen and oxygen atoms in total. The van der Waals surface area contributed by atoms with Crippen molar-refractivity contribution in [2.24, 2.45) is 11.8 Å². The normalized spacial score (nSPS) is 18.4. The summed E-state index contributed by atoms with van der Waals surface area (Å²) in [5.74, 6) is -3.49. The van der Waals surface area contributed by atoms with Crippen LogP contribution in [0.5, 0.6) is 0 Å². The molecule has 3 amide bonds. The summed E-state index contributed by atoms with van der Waals surface area (Å²) in [4.78, 5) is 49.7. The van der Waals surface area contributed by atoms with Gasteiger partial charge in [-0.25, -0.2) is 9.18 Å². The number of carbonyl (C=O) groups is 4. The number of rotatable bonds is 8. The molecule has 0 aliphatic carbocycles. The summed E-state index contributed by atoms with van der Waals surface area (Å²) in [6.45, 7) is 5.26. The van der Waals surface area contributed by atoms with Crippen molar-refractivity contribution >= 4 is 29.4 Å².